The first-order valence-corrected chi connectivity index (χ1v) is 8.34. The molecule has 0 aliphatic heterocycles. The lowest BCUT2D eigenvalue weighted by Crippen LogP contribution is -2.38. The zero-order valence-electron chi connectivity index (χ0n) is 14.6. The van der Waals surface area contributed by atoms with Gasteiger partial charge in [0.25, 0.3) is 0 Å². The third-order valence-corrected chi connectivity index (χ3v) is 4.29. The minimum Gasteiger partial charge on any atom is -0.297 e. The Morgan fingerprint density at radius 3 is 1.64 bits per heavy atom. The van der Waals surface area contributed by atoms with Gasteiger partial charge in [0.15, 0.2) is 0 Å². The van der Waals surface area contributed by atoms with Crippen molar-refractivity contribution in [1.82, 2.24) is 0 Å². The van der Waals surface area contributed by atoms with Gasteiger partial charge >= 0.3 is 6.03 Å². The van der Waals surface area contributed by atoms with Gasteiger partial charge in [-0.2, -0.15) is 0 Å². The van der Waals surface area contributed by atoms with Gasteiger partial charge in [-0.25, -0.2) is 4.79 Å². The number of benzene rings is 3. The first-order chi connectivity index (χ1) is 12.1. The van der Waals surface area contributed by atoms with E-state index >= 15 is 0 Å². The average Bonchev–Trinajstić information content (AvgIpc) is 2.68. The predicted molar refractivity (Wildman–Crippen MR) is 104 cm³/mol. The summed E-state index contributed by atoms with van der Waals surface area (Å²) in [5.41, 5.74) is 4.26. The lowest BCUT2D eigenvalue weighted by molar-refractivity contribution is 0.253. The van der Waals surface area contributed by atoms with Crippen LogP contribution in [0.2, 0.25) is 0 Å². The van der Waals surface area contributed by atoms with E-state index in [1.165, 1.54) is 11.1 Å². The van der Waals surface area contributed by atoms with Crippen molar-refractivity contribution in [3.63, 3.8) is 0 Å². The molecule has 3 nitrogen and oxygen atoms in total. The minimum absolute atomic E-state index is 0.0676. The number of carbonyl (C=O) groups excluding carboxylic acids is 1. The Hall–Kier alpha value is -3.07. The van der Waals surface area contributed by atoms with Gasteiger partial charge in [0, 0.05) is 25.5 Å². The molecule has 0 unspecified atom stereocenters. The SMILES string of the molecule is CN(C(=O)N(C)c1ccc(Cc2ccccc2)cc1)c1ccccc1. The molecule has 2 amide bonds. The summed E-state index contributed by atoms with van der Waals surface area (Å²) in [5, 5.41) is 0. The van der Waals surface area contributed by atoms with E-state index in [0.29, 0.717) is 0 Å². The number of amides is 2. The summed E-state index contributed by atoms with van der Waals surface area (Å²) in [4.78, 5) is 16.0. The number of anilines is 2. The highest BCUT2D eigenvalue weighted by Crippen LogP contribution is 2.19. The molecule has 0 fully saturated rings. The predicted octanol–water partition coefficient (Wildman–Crippen LogP) is 4.97. The van der Waals surface area contributed by atoms with E-state index in [-0.39, 0.29) is 6.03 Å². The molecule has 0 bridgehead atoms. The van der Waals surface area contributed by atoms with Crippen molar-refractivity contribution in [2.45, 2.75) is 6.42 Å². The van der Waals surface area contributed by atoms with Crippen LogP contribution in [0.5, 0.6) is 0 Å². The van der Waals surface area contributed by atoms with E-state index < -0.39 is 0 Å². The Kier molecular flexibility index (Phi) is 5.14. The quantitative estimate of drug-likeness (QED) is 0.662. The summed E-state index contributed by atoms with van der Waals surface area (Å²) in [6.45, 7) is 0. The molecule has 25 heavy (non-hydrogen) atoms. The molecule has 0 radical (unpaired) electrons. The van der Waals surface area contributed by atoms with Crippen molar-refractivity contribution in [2.75, 3.05) is 23.9 Å². The van der Waals surface area contributed by atoms with Crippen LogP contribution in [-0.4, -0.2) is 20.1 Å². The van der Waals surface area contributed by atoms with Crippen molar-refractivity contribution in [3.05, 3.63) is 96.1 Å². The topological polar surface area (TPSA) is 23.6 Å². The molecule has 3 rings (SSSR count). The van der Waals surface area contributed by atoms with Crippen LogP contribution in [0.15, 0.2) is 84.9 Å². The number of nitrogens with zero attached hydrogens (tertiary/aromatic N) is 2. The van der Waals surface area contributed by atoms with E-state index in [0.717, 1.165) is 17.8 Å². The van der Waals surface area contributed by atoms with Crippen LogP contribution in [0.3, 0.4) is 0 Å². The van der Waals surface area contributed by atoms with E-state index in [9.17, 15) is 4.79 Å². The maximum atomic E-state index is 12.7. The smallest absolute Gasteiger partial charge is 0.297 e. The molecule has 0 saturated heterocycles. The van der Waals surface area contributed by atoms with Crippen LogP contribution in [0.25, 0.3) is 0 Å². The highest BCUT2D eigenvalue weighted by atomic mass is 16.2. The highest BCUT2D eigenvalue weighted by Gasteiger charge is 2.16. The molecule has 0 aromatic heterocycles. The zero-order chi connectivity index (χ0) is 17.6. The van der Waals surface area contributed by atoms with Crippen LogP contribution in [0.4, 0.5) is 16.2 Å². The summed E-state index contributed by atoms with van der Waals surface area (Å²) in [5.74, 6) is 0. The fraction of sp³-hybridized carbons (Fsp3) is 0.136. The molecule has 3 heteroatoms. The summed E-state index contributed by atoms with van der Waals surface area (Å²) in [7, 11) is 3.59. The Labute approximate surface area is 149 Å². The second kappa shape index (κ2) is 7.67. The van der Waals surface area contributed by atoms with Crippen molar-refractivity contribution in [3.8, 4) is 0 Å². The molecule has 0 aliphatic rings. The van der Waals surface area contributed by atoms with Crippen molar-refractivity contribution < 1.29 is 4.79 Å². The van der Waals surface area contributed by atoms with Gasteiger partial charge < -0.3 is 0 Å². The van der Waals surface area contributed by atoms with E-state index in [1.807, 2.05) is 48.5 Å². The molecule has 0 saturated carbocycles. The highest BCUT2D eigenvalue weighted by molar-refractivity contribution is 6.02. The molecule has 126 valence electrons. The van der Waals surface area contributed by atoms with Crippen molar-refractivity contribution in [2.24, 2.45) is 0 Å². The van der Waals surface area contributed by atoms with Gasteiger partial charge in [0.1, 0.15) is 0 Å². The Morgan fingerprint density at radius 2 is 1.08 bits per heavy atom. The van der Waals surface area contributed by atoms with Crippen LogP contribution in [-0.2, 0) is 6.42 Å². The van der Waals surface area contributed by atoms with Gasteiger partial charge in [-0.3, -0.25) is 9.80 Å². The second-order valence-electron chi connectivity index (χ2n) is 6.06. The molecule has 0 spiro atoms. The van der Waals surface area contributed by atoms with Crippen LogP contribution in [0, 0.1) is 0 Å². The fourth-order valence-electron chi connectivity index (χ4n) is 2.77. The number of para-hydroxylation sites is 1. The fourth-order valence-corrected chi connectivity index (χ4v) is 2.77. The molecule has 0 N–H and O–H groups in total. The second-order valence-corrected chi connectivity index (χ2v) is 6.06. The number of hydrogen-bond donors (Lipinski definition) is 0. The van der Waals surface area contributed by atoms with E-state index in [2.05, 4.69) is 36.4 Å². The molecule has 3 aromatic carbocycles. The Morgan fingerprint density at radius 1 is 0.640 bits per heavy atom. The van der Waals surface area contributed by atoms with Gasteiger partial charge in [-0.1, -0.05) is 60.7 Å². The standard InChI is InChI=1S/C22H22N2O/c1-23(20-11-7-4-8-12-20)22(25)24(2)21-15-13-19(14-16-21)17-18-9-5-3-6-10-18/h3-16H,17H2,1-2H3. The molecule has 0 aliphatic carbocycles. The zero-order valence-corrected chi connectivity index (χ0v) is 14.6. The number of hydrogen-bond acceptors (Lipinski definition) is 1. The lowest BCUT2D eigenvalue weighted by Gasteiger charge is -2.25. The van der Waals surface area contributed by atoms with Gasteiger partial charge in [0.2, 0.25) is 0 Å². The van der Waals surface area contributed by atoms with Crippen molar-refractivity contribution >= 4 is 17.4 Å². The summed E-state index contributed by atoms with van der Waals surface area (Å²) in [6.07, 6.45) is 0.892. The Bertz CT molecular complexity index is 814. The average molecular weight is 330 g/mol. The monoisotopic (exact) mass is 330 g/mol. The van der Waals surface area contributed by atoms with Gasteiger partial charge in [0.05, 0.1) is 0 Å². The van der Waals surface area contributed by atoms with Crippen molar-refractivity contribution in [1.29, 1.82) is 0 Å². The maximum absolute atomic E-state index is 12.7. The molecule has 0 atom stereocenters. The minimum atomic E-state index is -0.0676. The molecular formula is C22H22N2O. The van der Waals surface area contributed by atoms with Crippen LogP contribution >= 0.6 is 0 Å². The van der Waals surface area contributed by atoms with E-state index in [1.54, 1.807) is 23.9 Å². The van der Waals surface area contributed by atoms with Gasteiger partial charge in [-0.05, 0) is 41.8 Å². The number of urea groups is 1. The Balaban J connectivity index is 1.70. The van der Waals surface area contributed by atoms with Crippen LogP contribution in [0.1, 0.15) is 11.1 Å². The third kappa shape index (κ3) is 4.07. The first kappa shape index (κ1) is 16.8. The largest absolute Gasteiger partial charge is 0.328 e. The summed E-state index contributed by atoms with van der Waals surface area (Å²) >= 11 is 0. The molecule has 3 aromatic rings. The first-order valence-electron chi connectivity index (χ1n) is 8.34. The van der Waals surface area contributed by atoms with E-state index in [4.69, 9.17) is 0 Å². The lowest BCUT2D eigenvalue weighted by atomic mass is 10.0. The summed E-state index contributed by atoms with van der Waals surface area (Å²) in [6, 6.07) is 28.1. The molecule has 0 heterocycles. The molecular weight excluding hydrogens is 308 g/mol. The van der Waals surface area contributed by atoms with Gasteiger partial charge in [-0.15, -0.1) is 0 Å². The van der Waals surface area contributed by atoms with Crippen LogP contribution < -0.4 is 9.80 Å². The number of rotatable bonds is 4. The maximum Gasteiger partial charge on any atom is 0.328 e. The number of carbonyl (C=O) groups is 1. The normalized spacial score (nSPS) is 10.3. The third-order valence-electron chi connectivity index (χ3n) is 4.29. The summed E-state index contributed by atoms with van der Waals surface area (Å²) < 4.78 is 0.